The molecule has 0 aliphatic carbocycles. The van der Waals surface area contributed by atoms with Crippen molar-refractivity contribution in [2.75, 3.05) is 27.4 Å². The first-order chi connectivity index (χ1) is 9.43. The van der Waals surface area contributed by atoms with E-state index < -0.39 is 15.6 Å². The predicted molar refractivity (Wildman–Crippen MR) is 70.9 cm³/mol. The minimum absolute atomic E-state index is 0.120. The summed E-state index contributed by atoms with van der Waals surface area (Å²) in [5, 5.41) is 4.90. The normalized spacial score (nSPS) is 18.8. The first-order valence-electron chi connectivity index (χ1n) is 6.14. The molecular formula is C12H18N2O5S. The van der Waals surface area contributed by atoms with Crippen LogP contribution in [0, 0.1) is 0 Å². The lowest BCUT2D eigenvalue weighted by Gasteiger charge is -2.35. The molecule has 7 nitrogen and oxygen atoms in total. The van der Waals surface area contributed by atoms with E-state index in [2.05, 4.69) is 4.98 Å². The van der Waals surface area contributed by atoms with Crippen molar-refractivity contribution >= 4 is 10.0 Å². The number of pyridine rings is 1. The Morgan fingerprint density at radius 3 is 2.45 bits per heavy atom. The van der Waals surface area contributed by atoms with Crippen LogP contribution in [-0.4, -0.2) is 40.8 Å². The Bertz CT molecular complexity index is 582. The number of aromatic nitrogens is 1. The quantitative estimate of drug-likeness (QED) is 0.863. The molecule has 20 heavy (non-hydrogen) atoms. The number of nitrogens with zero attached hydrogens (tertiary/aromatic N) is 1. The van der Waals surface area contributed by atoms with Crippen molar-refractivity contribution < 1.29 is 22.6 Å². The molecule has 1 fully saturated rings. The van der Waals surface area contributed by atoms with Crippen LogP contribution in [0.1, 0.15) is 18.5 Å². The Balaban J connectivity index is 2.52. The SMILES string of the molecule is COc1ccc(C2(OC)CCOCC2)nc1S(N)(=O)=O. The zero-order valence-electron chi connectivity index (χ0n) is 11.5. The molecule has 1 aromatic heterocycles. The second kappa shape index (κ2) is 5.65. The van der Waals surface area contributed by atoms with Gasteiger partial charge < -0.3 is 14.2 Å². The molecule has 2 rings (SSSR count). The minimum Gasteiger partial charge on any atom is -0.494 e. The predicted octanol–water partition coefficient (Wildman–Crippen LogP) is 0.390. The highest BCUT2D eigenvalue weighted by atomic mass is 32.2. The van der Waals surface area contributed by atoms with Gasteiger partial charge in [0.2, 0.25) is 5.03 Å². The molecule has 0 spiro atoms. The molecule has 1 saturated heterocycles. The molecule has 2 heterocycles. The Hall–Kier alpha value is -1.22. The first-order valence-corrected chi connectivity index (χ1v) is 7.69. The molecule has 0 atom stereocenters. The molecule has 0 amide bonds. The van der Waals surface area contributed by atoms with Crippen molar-refractivity contribution in [2.24, 2.45) is 5.14 Å². The lowest BCUT2D eigenvalue weighted by Crippen LogP contribution is -2.37. The zero-order valence-corrected chi connectivity index (χ0v) is 12.3. The van der Waals surface area contributed by atoms with E-state index in [0.29, 0.717) is 31.7 Å². The minimum atomic E-state index is -3.96. The number of methoxy groups -OCH3 is 2. The summed E-state index contributed by atoms with van der Waals surface area (Å²) >= 11 is 0. The van der Waals surface area contributed by atoms with E-state index in [1.807, 2.05) is 0 Å². The molecule has 8 heteroatoms. The van der Waals surface area contributed by atoms with Gasteiger partial charge in [-0.15, -0.1) is 0 Å². The van der Waals surface area contributed by atoms with Crippen LogP contribution in [0.2, 0.25) is 0 Å². The third kappa shape index (κ3) is 2.78. The molecular weight excluding hydrogens is 284 g/mol. The van der Waals surface area contributed by atoms with Crippen LogP contribution in [0.4, 0.5) is 0 Å². The Morgan fingerprint density at radius 2 is 1.95 bits per heavy atom. The van der Waals surface area contributed by atoms with Gasteiger partial charge >= 0.3 is 0 Å². The highest BCUT2D eigenvalue weighted by molar-refractivity contribution is 7.89. The van der Waals surface area contributed by atoms with Crippen LogP contribution < -0.4 is 9.88 Å². The summed E-state index contributed by atoms with van der Waals surface area (Å²) in [4.78, 5) is 4.16. The van der Waals surface area contributed by atoms with Gasteiger partial charge in [-0.1, -0.05) is 0 Å². The lowest BCUT2D eigenvalue weighted by atomic mass is 9.90. The zero-order chi connectivity index (χ0) is 14.8. The second-order valence-corrected chi connectivity index (χ2v) is 6.04. The van der Waals surface area contributed by atoms with Crippen LogP contribution >= 0.6 is 0 Å². The second-order valence-electron chi connectivity index (χ2n) is 4.56. The van der Waals surface area contributed by atoms with Crippen LogP contribution in [-0.2, 0) is 25.1 Å². The van der Waals surface area contributed by atoms with Crippen LogP contribution in [0.3, 0.4) is 0 Å². The van der Waals surface area contributed by atoms with Gasteiger partial charge in [-0.3, -0.25) is 0 Å². The topological polar surface area (TPSA) is 101 Å². The number of ether oxygens (including phenoxy) is 3. The molecule has 0 aromatic carbocycles. The van der Waals surface area contributed by atoms with Gasteiger partial charge in [0.25, 0.3) is 10.0 Å². The highest BCUT2D eigenvalue weighted by Crippen LogP contribution is 2.36. The Morgan fingerprint density at radius 1 is 1.30 bits per heavy atom. The average Bonchev–Trinajstić information content (AvgIpc) is 2.46. The summed E-state index contributed by atoms with van der Waals surface area (Å²) in [6, 6.07) is 3.24. The fourth-order valence-electron chi connectivity index (χ4n) is 2.31. The summed E-state index contributed by atoms with van der Waals surface area (Å²) < 4.78 is 39.1. The summed E-state index contributed by atoms with van der Waals surface area (Å²) in [7, 11) is -1.02. The molecule has 0 saturated carbocycles. The van der Waals surface area contributed by atoms with Gasteiger partial charge in [-0.25, -0.2) is 18.5 Å². The molecule has 112 valence electrons. The third-order valence-corrected chi connectivity index (χ3v) is 4.30. The monoisotopic (exact) mass is 302 g/mol. The van der Waals surface area contributed by atoms with Crippen molar-refractivity contribution in [3.05, 3.63) is 17.8 Å². The van der Waals surface area contributed by atoms with Gasteiger partial charge in [-0.05, 0) is 12.1 Å². The summed E-state index contributed by atoms with van der Waals surface area (Å²) in [5.74, 6) is 0.120. The number of primary sulfonamides is 1. The van der Waals surface area contributed by atoms with Gasteiger partial charge in [0.05, 0.1) is 12.8 Å². The maximum absolute atomic E-state index is 11.6. The molecule has 1 aromatic rings. The largest absolute Gasteiger partial charge is 0.494 e. The number of hydrogen-bond donors (Lipinski definition) is 1. The van der Waals surface area contributed by atoms with Crippen LogP contribution in [0.5, 0.6) is 5.75 Å². The third-order valence-electron chi connectivity index (χ3n) is 3.47. The van der Waals surface area contributed by atoms with E-state index in [4.69, 9.17) is 19.3 Å². The maximum atomic E-state index is 11.6. The van der Waals surface area contributed by atoms with E-state index in [9.17, 15) is 8.42 Å². The summed E-state index contributed by atoms with van der Waals surface area (Å²) in [5.41, 5.74) is -0.127. The van der Waals surface area contributed by atoms with E-state index in [-0.39, 0.29) is 10.8 Å². The lowest BCUT2D eigenvalue weighted by molar-refractivity contribution is -0.0976. The van der Waals surface area contributed by atoms with Crippen molar-refractivity contribution in [1.82, 2.24) is 4.98 Å². The smallest absolute Gasteiger partial charge is 0.259 e. The van der Waals surface area contributed by atoms with Crippen LogP contribution in [0.25, 0.3) is 0 Å². The first kappa shape index (κ1) is 15.2. The standard InChI is InChI=1S/C12H18N2O5S/c1-17-9-3-4-10(14-11(9)20(13,15)16)12(18-2)5-7-19-8-6-12/h3-4H,5-8H2,1-2H3,(H2,13,15,16). The fourth-order valence-corrected chi connectivity index (χ4v) is 2.96. The van der Waals surface area contributed by atoms with E-state index in [1.54, 1.807) is 13.2 Å². The van der Waals surface area contributed by atoms with Gasteiger partial charge in [-0.2, -0.15) is 0 Å². The molecule has 0 bridgehead atoms. The van der Waals surface area contributed by atoms with Crippen molar-refractivity contribution in [2.45, 2.75) is 23.5 Å². The van der Waals surface area contributed by atoms with Crippen LogP contribution in [0.15, 0.2) is 17.2 Å². The molecule has 1 aliphatic rings. The number of hydrogen-bond acceptors (Lipinski definition) is 6. The molecule has 2 N–H and O–H groups in total. The number of rotatable bonds is 4. The van der Waals surface area contributed by atoms with Gasteiger partial charge in [0.15, 0.2) is 5.75 Å². The van der Waals surface area contributed by atoms with E-state index in [1.165, 1.54) is 13.2 Å². The van der Waals surface area contributed by atoms with Gasteiger partial charge in [0.1, 0.15) is 5.60 Å². The Labute approximate surface area is 118 Å². The number of nitrogens with two attached hydrogens (primary N) is 1. The van der Waals surface area contributed by atoms with Crippen molar-refractivity contribution in [1.29, 1.82) is 0 Å². The van der Waals surface area contributed by atoms with E-state index in [0.717, 1.165) is 0 Å². The average molecular weight is 302 g/mol. The molecule has 0 unspecified atom stereocenters. The summed E-state index contributed by atoms with van der Waals surface area (Å²) in [6.07, 6.45) is 1.21. The Kier molecular flexibility index (Phi) is 4.28. The van der Waals surface area contributed by atoms with Gasteiger partial charge in [0, 0.05) is 33.2 Å². The maximum Gasteiger partial charge on any atom is 0.259 e. The summed E-state index contributed by atoms with van der Waals surface area (Å²) in [6.45, 7) is 1.07. The molecule has 0 radical (unpaired) electrons. The van der Waals surface area contributed by atoms with Crippen molar-refractivity contribution in [3.63, 3.8) is 0 Å². The molecule has 1 aliphatic heterocycles. The number of sulfonamides is 1. The van der Waals surface area contributed by atoms with Crippen molar-refractivity contribution in [3.8, 4) is 5.75 Å². The fraction of sp³-hybridized carbons (Fsp3) is 0.583. The van der Waals surface area contributed by atoms with E-state index >= 15 is 0 Å². The highest BCUT2D eigenvalue weighted by Gasteiger charge is 2.37.